The molecule has 0 aliphatic carbocycles. The van der Waals surface area contributed by atoms with Gasteiger partial charge in [-0.05, 0) is 50.9 Å². The molecule has 0 unspecified atom stereocenters. The number of halogens is 1. The van der Waals surface area contributed by atoms with E-state index in [0.29, 0.717) is 19.8 Å². The van der Waals surface area contributed by atoms with E-state index in [2.05, 4.69) is 10.6 Å². The summed E-state index contributed by atoms with van der Waals surface area (Å²) in [5.74, 6) is 1.02. The second-order valence-electron chi connectivity index (χ2n) is 6.19. The summed E-state index contributed by atoms with van der Waals surface area (Å²) < 4.78 is 11.0. The van der Waals surface area contributed by atoms with E-state index in [1.807, 2.05) is 31.2 Å². The Morgan fingerprint density at radius 1 is 1.29 bits per heavy atom. The van der Waals surface area contributed by atoms with Crippen molar-refractivity contribution in [1.82, 2.24) is 10.6 Å². The molecular formula is C18H29ClN2O3. The predicted octanol–water partition coefficient (Wildman–Crippen LogP) is 2.32. The number of nitrogens with one attached hydrogen (secondary N) is 2. The summed E-state index contributed by atoms with van der Waals surface area (Å²) in [5, 5.41) is 6.35. The molecule has 2 N–H and O–H groups in total. The number of rotatable bonds is 8. The highest BCUT2D eigenvalue weighted by Gasteiger charge is 2.39. The van der Waals surface area contributed by atoms with Gasteiger partial charge in [0, 0.05) is 13.7 Å². The smallest absolute Gasteiger partial charge is 0.228 e. The van der Waals surface area contributed by atoms with Crippen molar-refractivity contribution in [3.05, 3.63) is 29.8 Å². The minimum Gasteiger partial charge on any atom is -0.493 e. The van der Waals surface area contributed by atoms with Gasteiger partial charge in [-0.25, -0.2) is 0 Å². The first-order valence-corrected chi connectivity index (χ1v) is 8.34. The van der Waals surface area contributed by atoms with Crippen molar-refractivity contribution in [2.75, 3.05) is 40.0 Å². The quantitative estimate of drug-likeness (QED) is 0.702. The average Bonchev–Trinajstić information content (AvgIpc) is 2.57. The zero-order valence-corrected chi connectivity index (χ0v) is 15.4. The molecule has 0 spiro atoms. The number of methoxy groups -OCH3 is 1. The average molecular weight is 357 g/mol. The standard InChI is InChI=1S/C18H28N2O3.ClH/c1-15-6-3-4-7-16(15)23-13-5-10-20-17(21)18(14-22-2)8-11-19-12-9-18;/h3-4,6-7,19H,5,8-14H2,1-2H3,(H,20,21);1H. The van der Waals surface area contributed by atoms with Gasteiger partial charge in [0.15, 0.2) is 0 Å². The number of amides is 1. The van der Waals surface area contributed by atoms with Crippen molar-refractivity contribution >= 4 is 18.3 Å². The van der Waals surface area contributed by atoms with Gasteiger partial charge in [-0.15, -0.1) is 12.4 Å². The summed E-state index contributed by atoms with van der Waals surface area (Å²) >= 11 is 0. The van der Waals surface area contributed by atoms with Gasteiger partial charge in [0.1, 0.15) is 5.75 Å². The van der Waals surface area contributed by atoms with E-state index in [1.165, 1.54) is 0 Å². The topological polar surface area (TPSA) is 59.6 Å². The van der Waals surface area contributed by atoms with Crippen LogP contribution in [-0.4, -0.2) is 45.9 Å². The maximum Gasteiger partial charge on any atom is 0.228 e. The minimum atomic E-state index is -0.378. The largest absolute Gasteiger partial charge is 0.493 e. The third-order valence-corrected chi connectivity index (χ3v) is 4.42. The van der Waals surface area contributed by atoms with Gasteiger partial charge >= 0.3 is 0 Å². The van der Waals surface area contributed by atoms with Gasteiger partial charge in [-0.3, -0.25) is 4.79 Å². The van der Waals surface area contributed by atoms with Crippen LogP contribution in [0.3, 0.4) is 0 Å². The lowest BCUT2D eigenvalue weighted by molar-refractivity contribution is -0.136. The lowest BCUT2D eigenvalue weighted by Crippen LogP contribution is -2.50. The summed E-state index contributed by atoms with van der Waals surface area (Å²) in [5.41, 5.74) is 0.752. The number of carbonyl (C=O) groups is 1. The van der Waals surface area contributed by atoms with E-state index in [9.17, 15) is 4.79 Å². The number of ether oxygens (including phenoxy) is 2. The van der Waals surface area contributed by atoms with Crippen molar-refractivity contribution in [2.24, 2.45) is 5.41 Å². The van der Waals surface area contributed by atoms with E-state index in [4.69, 9.17) is 9.47 Å². The Bertz CT molecular complexity index is 499. The molecule has 0 radical (unpaired) electrons. The highest BCUT2D eigenvalue weighted by Crippen LogP contribution is 2.29. The van der Waals surface area contributed by atoms with Crippen LogP contribution in [0.15, 0.2) is 24.3 Å². The predicted molar refractivity (Wildman–Crippen MR) is 98.0 cm³/mol. The first-order chi connectivity index (χ1) is 11.2. The molecule has 1 saturated heterocycles. The van der Waals surface area contributed by atoms with Crippen molar-refractivity contribution in [1.29, 1.82) is 0 Å². The third-order valence-electron chi connectivity index (χ3n) is 4.42. The van der Waals surface area contributed by atoms with Crippen LogP contribution in [0.1, 0.15) is 24.8 Å². The van der Waals surface area contributed by atoms with Crippen LogP contribution in [-0.2, 0) is 9.53 Å². The Kier molecular flexibility index (Phi) is 9.11. The number of aryl methyl sites for hydroxylation is 1. The van der Waals surface area contributed by atoms with Gasteiger partial charge in [-0.1, -0.05) is 18.2 Å². The maximum atomic E-state index is 12.5. The normalized spacial score (nSPS) is 16.1. The van der Waals surface area contributed by atoms with Crippen LogP contribution < -0.4 is 15.4 Å². The first kappa shape index (κ1) is 20.7. The molecule has 1 heterocycles. The molecule has 2 rings (SSSR count). The molecule has 0 bridgehead atoms. The molecule has 1 aliphatic rings. The van der Waals surface area contributed by atoms with Crippen LogP contribution in [0, 0.1) is 12.3 Å². The summed E-state index contributed by atoms with van der Waals surface area (Å²) in [6, 6.07) is 7.96. The number of carbonyl (C=O) groups excluding carboxylic acids is 1. The highest BCUT2D eigenvalue weighted by molar-refractivity contribution is 5.85. The van der Waals surface area contributed by atoms with E-state index < -0.39 is 0 Å². The fraction of sp³-hybridized carbons (Fsp3) is 0.611. The number of benzene rings is 1. The monoisotopic (exact) mass is 356 g/mol. The number of para-hydroxylation sites is 1. The second-order valence-corrected chi connectivity index (χ2v) is 6.19. The number of hydrogen-bond acceptors (Lipinski definition) is 4. The van der Waals surface area contributed by atoms with Gasteiger partial charge in [0.25, 0.3) is 0 Å². The zero-order chi connectivity index (χ0) is 16.5. The number of piperidine rings is 1. The molecule has 24 heavy (non-hydrogen) atoms. The summed E-state index contributed by atoms with van der Waals surface area (Å²) in [4.78, 5) is 12.5. The molecule has 136 valence electrons. The van der Waals surface area contributed by atoms with Crippen molar-refractivity contribution in [3.8, 4) is 5.75 Å². The van der Waals surface area contributed by atoms with Gasteiger partial charge in [0.2, 0.25) is 5.91 Å². The van der Waals surface area contributed by atoms with Crippen molar-refractivity contribution in [2.45, 2.75) is 26.2 Å². The van der Waals surface area contributed by atoms with Gasteiger partial charge < -0.3 is 20.1 Å². The SMILES string of the molecule is COCC1(C(=O)NCCCOc2ccccc2C)CCNCC1.Cl. The molecular weight excluding hydrogens is 328 g/mol. The Morgan fingerprint density at radius 3 is 2.67 bits per heavy atom. The van der Waals surface area contributed by atoms with Gasteiger partial charge in [0.05, 0.1) is 18.6 Å². The summed E-state index contributed by atoms with van der Waals surface area (Å²) in [6.45, 7) is 5.48. The van der Waals surface area contributed by atoms with E-state index in [-0.39, 0.29) is 23.7 Å². The summed E-state index contributed by atoms with van der Waals surface area (Å²) in [6.07, 6.45) is 2.44. The summed E-state index contributed by atoms with van der Waals surface area (Å²) in [7, 11) is 1.66. The molecule has 0 atom stereocenters. The Balaban J connectivity index is 0.00000288. The van der Waals surface area contributed by atoms with Crippen LogP contribution in [0.25, 0.3) is 0 Å². The highest BCUT2D eigenvalue weighted by atomic mass is 35.5. The Morgan fingerprint density at radius 2 is 2.00 bits per heavy atom. The fourth-order valence-electron chi connectivity index (χ4n) is 2.98. The molecule has 0 aromatic heterocycles. The van der Waals surface area contributed by atoms with Crippen LogP contribution >= 0.6 is 12.4 Å². The third kappa shape index (κ3) is 5.65. The molecule has 5 nitrogen and oxygen atoms in total. The number of hydrogen-bond donors (Lipinski definition) is 2. The molecule has 6 heteroatoms. The van der Waals surface area contributed by atoms with E-state index in [1.54, 1.807) is 7.11 Å². The molecule has 1 aromatic rings. The maximum absolute atomic E-state index is 12.5. The van der Waals surface area contributed by atoms with E-state index >= 15 is 0 Å². The molecule has 1 aliphatic heterocycles. The van der Waals surface area contributed by atoms with Crippen LogP contribution in [0.4, 0.5) is 0 Å². The Hall–Kier alpha value is -1.30. The second kappa shape index (κ2) is 10.5. The Labute approximate surface area is 150 Å². The lowest BCUT2D eigenvalue weighted by Gasteiger charge is -2.35. The first-order valence-electron chi connectivity index (χ1n) is 8.34. The lowest BCUT2D eigenvalue weighted by atomic mass is 9.78. The molecule has 1 fully saturated rings. The fourth-order valence-corrected chi connectivity index (χ4v) is 2.98. The van der Waals surface area contributed by atoms with Gasteiger partial charge in [-0.2, -0.15) is 0 Å². The van der Waals surface area contributed by atoms with Crippen LogP contribution in [0.5, 0.6) is 5.75 Å². The molecule has 1 aromatic carbocycles. The van der Waals surface area contributed by atoms with Crippen LogP contribution in [0.2, 0.25) is 0 Å². The molecule has 1 amide bonds. The minimum absolute atomic E-state index is 0. The van der Waals surface area contributed by atoms with Crippen molar-refractivity contribution < 1.29 is 14.3 Å². The zero-order valence-electron chi connectivity index (χ0n) is 14.6. The molecule has 0 saturated carbocycles. The van der Waals surface area contributed by atoms with E-state index in [0.717, 1.165) is 43.7 Å². The van der Waals surface area contributed by atoms with Crippen molar-refractivity contribution in [3.63, 3.8) is 0 Å².